The molecule has 0 spiro atoms. The molecular weight excluding hydrogens is 202 g/mol. The topological polar surface area (TPSA) is 54.9 Å². The van der Waals surface area contributed by atoms with Crippen LogP contribution in [-0.2, 0) is 4.79 Å². The van der Waals surface area contributed by atoms with E-state index in [0.717, 1.165) is 0 Å². The van der Waals surface area contributed by atoms with E-state index in [9.17, 15) is 4.79 Å². The van der Waals surface area contributed by atoms with Gasteiger partial charge in [0, 0.05) is 6.92 Å². The highest BCUT2D eigenvalue weighted by Crippen LogP contribution is 2.01. The maximum absolute atomic E-state index is 10.5. The summed E-state index contributed by atoms with van der Waals surface area (Å²) in [5.74, 6) is 5.66. The predicted molar refractivity (Wildman–Crippen MR) is 52.6 cm³/mol. The van der Waals surface area contributed by atoms with Gasteiger partial charge in [0.05, 0.1) is 24.0 Å². The lowest BCUT2D eigenvalue weighted by molar-refractivity contribution is -0.118. The molecule has 0 aliphatic carbocycles. The Balaban J connectivity index is 2.51. The molecule has 1 rings (SSSR count). The van der Waals surface area contributed by atoms with Crippen LogP contribution in [0.1, 0.15) is 12.7 Å². The van der Waals surface area contributed by atoms with Crippen molar-refractivity contribution in [3.05, 3.63) is 23.2 Å². The Morgan fingerprint density at radius 3 is 2.79 bits per heavy atom. The molecule has 0 atom stereocenters. The van der Waals surface area contributed by atoms with Crippen LogP contribution < -0.4 is 5.32 Å². The van der Waals surface area contributed by atoms with Crippen LogP contribution in [0.4, 0.5) is 0 Å². The lowest BCUT2D eigenvalue weighted by atomic mass is 10.5. The number of carbonyl (C=O) groups excluding carboxylic acids is 1. The van der Waals surface area contributed by atoms with E-state index in [1.54, 1.807) is 0 Å². The highest BCUT2D eigenvalue weighted by atomic mass is 35.5. The van der Waals surface area contributed by atoms with Gasteiger partial charge in [-0.15, -0.1) is 0 Å². The third kappa shape index (κ3) is 3.87. The first-order chi connectivity index (χ1) is 6.68. The summed E-state index contributed by atoms with van der Waals surface area (Å²) in [7, 11) is 0. The van der Waals surface area contributed by atoms with Crippen molar-refractivity contribution >= 4 is 17.5 Å². The number of nitrogens with zero attached hydrogens (tertiary/aromatic N) is 2. The van der Waals surface area contributed by atoms with Crippen molar-refractivity contribution in [1.82, 2.24) is 15.3 Å². The maximum Gasteiger partial charge on any atom is 0.217 e. The predicted octanol–water partition coefficient (Wildman–Crippen LogP) is 0.618. The van der Waals surface area contributed by atoms with E-state index >= 15 is 0 Å². The van der Waals surface area contributed by atoms with E-state index in [2.05, 4.69) is 27.1 Å². The molecule has 1 aromatic heterocycles. The Labute approximate surface area is 86.7 Å². The Kier molecular flexibility index (Phi) is 3.89. The lowest BCUT2D eigenvalue weighted by Crippen LogP contribution is -2.19. The summed E-state index contributed by atoms with van der Waals surface area (Å²) in [5, 5.41) is 3.00. The average molecular weight is 210 g/mol. The van der Waals surface area contributed by atoms with Crippen LogP contribution in [-0.4, -0.2) is 22.4 Å². The van der Waals surface area contributed by atoms with E-state index in [1.165, 1.54) is 19.3 Å². The molecule has 4 nitrogen and oxygen atoms in total. The van der Waals surface area contributed by atoms with Gasteiger partial charge in [-0.25, -0.2) is 9.97 Å². The van der Waals surface area contributed by atoms with Gasteiger partial charge < -0.3 is 5.32 Å². The van der Waals surface area contributed by atoms with Gasteiger partial charge >= 0.3 is 0 Å². The minimum absolute atomic E-state index is 0.115. The zero-order chi connectivity index (χ0) is 10.4. The number of hydrogen-bond acceptors (Lipinski definition) is 3. The van der Waals surface area contributed by atoms with E-state index < -0.39 is 0 Å². The summed E-state index contributed by atoms with van der Waals surface area (Å²) in [6.07, 6.45) is 2.94. The minimum Gasteiger partial charge on any atom is -0.345 e. The molecule has 0 saturated heterocycles. The first-order valence-corrected chi connectivity index (χ1v) is 4.27. The van der Waals surface area contributed by atoms with Gasteiger partial charge in [0.25, 0.3) is 0 Å². The fraction of sp³-hybridized carbons (Fsp3) is 0.222. The lowest BCUT2D eigenvalue weighted by Gasteiger charge is -1.91. The van der Waals surface area contributed by atoms with E-state index in [-0.39, 0.29) is 5.91 Å². The summed E-state index contributed by atoms with van der Waals surface area (Å²) in [6.45, 7) is 1.72. The molecule has 0 aliphatic heterocycles. The Morgan fingerprint density at radius 2 is 2.21 bits per heavy atom. The van der Waals surface area contributed by atoms with Gasteiger partial charge in [0.2, 0.25) is 11.7 Å². The molecule has 0 bridgehead atoms. The van der Waals surface area contributed by atoms with Gasteiger partial charge in [-0.1, -0.05) is 17.5 Å². The molecule has 1 N–H and O–H groups in total. The molecular formula is C9H8ClN3O. The van der Waals surface area contributed by atoms with Crippen molar-refractivity contribution in [3.63, 3.8) is 0 Å². The number of hydrogen-bond donors (Lipinski definition) is 1. The number of halogens is 1. The maximum atomic E-state index is 10.5. The van der Waals surface area contributed by atoms with Crippen LogP contribution in [0.2, 0.25) is 5.02 Å². The first kappa shape index (κ1) is 10.5. The van der Waals surface area contributed by atoms with Gasteiger partial charge in [-0.3, -0.25) is 4.79 Å². The summed E-state index contributed by atoms with van der Waals surface area (Å²) in [4.78, 5) is 18.2. The third-order valence-corrected chi connectivity index (χ3v) is 1.44. The Hall–Kier alpha value is -1.60. The van der Waals surface area contributed by atoms with Crippen molar-refractivity contribution in [2.45, 2.75) is 6.92 Å². The number of nitrogens with one attached hydrogen (secondary N) is 1. The molecule has 1 amide bonds. The van der Waals surface area contributed by atoms with Crippen LogP contribution in [0, 0.1) is 11.8 Å². The highest BCUT2D eigenvalue weighted by molar-refractivity contribution is 6.30. The van der Waals surface area contributed by atoms with Crippen LogP contribution in [0.25, 0.3) is 0 Å². The molecule has 72 valence electrons. The zero-order valence-corrected chi connectivity index (χ0v) is 8.30. The second-order valence-corrected chi connectivity index (χ2v) is 2.87. The van der Waals surface area contributed by atoms with Crippen LogP contribution in [0.5, 0.6) is 0 Å². The summed E-state index contributed by atoms with van der Waals surface area (Å²) >= 11 is 5.58. The molecule has 0 unspecified atom stereocenters. The van der Waals surface area contributed by atoms with Gasteiger partial charge in [-0.05, 0) is 5.92 Å². The average Bonchev–Trinajstić information content (AvgIpc) is 2.15. The SMILES string of the molecule is CC(=O)NCC#Cc1ncc(Cl)cn1. The number of rotatable bonds is 1. The van der Waals surface area contributed by atoms with Gasteiger partial charge in [0.1, 0.15) is 0 Å². The quantitative estimate of drug-likeness (QED) is 0.690. The molecule has 0 fully saturated rings. The van der Waals surface area contributed by atoms with Crippen molar-refractivity contribution < 1.29 is 4.79 Å². The van der Waals surface area contributed by atoms with E-state index in [4.69, 9.17) is 11.6 Å². The van der Waals surface area contributed by atoms with Gasteiger partial charge in [-0.2, -0.15) is 0 Å². The molecule has 0 radical (unpaired) electrons. The van der Waals surface area contributed by atoms with Crippen LogP contribution in [0.3, 0.4) is 0 Å². The standard InChI is InChI=1S/C9H8ClN3O/c1-7(14)11-4-2-3-9-12-5-8(10)6-13-9/h5-6H,4H2,1H3,(H,11,14). The zero-order valence-electron chi connectivity index (χ0n) is 7.54. The van der Waals surface area contributed by atoms with Crippen molar-refractivity contribution in [3.8, 4) is 11.8 Å². The molecule has 1 heterocycles. The van der Waals surface area contributed by atoms with Crippen LogP contribution in [0.15, 0.2) is 12.4 Å². The molecule has 0 aliphatic rings. The summed E-state index contributed by atoms with van der Waals surface area (Å²) in [5.41, 5.74) is 0. The molecule has 0 saturated carbocycles. The second-order valence-electron chi connectivity index (χ2n) is 2.44. The van der Waals surface area contributed by atoms with Gasteiger partial charge in [0.15, 0.2) is 0 Å². The fourth-order valence-corrected chi connectivity index (χ4v) is 0.766. The molecule has 0 aromatic carbocycles. The molecule has 1 aromatic rings. The van der Waals surface area contributed by atoms with Crippen molar-refractivity contribution in [2.24, 2.45) is 0 Å². The van der Waals surface area contributed by atoms with Crippen molar-refractivity contribution in [2.75, 3.05) is 6.54 Å². The first-order valence-electron chi connectivity index (χ1n) is 3.89. The number of aromatic nitrogens is 2. The van der Waals surface area contributed by atoms with E-state index in [0.29, 0.717) is 17.4 Å². The fourth-order valence-electron chi connectivity index (χ4n) is 0.669. The molecule has 14 heavy (non-hydrogen) atoms. The second kappa shape index (κ2) is 5.20. The highest BCUT2D eigenvalue weighted by Gasteiger charge is 1.90. The largest absolute Gasteiger partial charge is 0.345 e. The Bertz CT molecular complexity index is 377. The summed E-state index contributed by atoms with van der Waals surface area (Å²) < 4.78 is 0. The smallest absolute Gasteiger partial charge is 0.217 e. The van der Waals surface area contributed by atoms with E-state index in [1.807, 2.05) is 0 Å². The monoisotopic (exact) mass is 209 g/mol. The number of carbonyl (C=O) groups is 1. The summed E-state index contributed by atoms with van der Waals surface area (Å²) in [6, 6.07) is 0. The third-order valence-electron chi connectivity index (χ3n) is 1.25. The normalized spacial score (nSPS) is 8.71. The van der Waals surface area contributed by atoms with Crippen LogP contribution >= 0.6 is 11.6 Å². The minimum atomic E-state index is -0.115. The number of amides is 1. The molecule has 5 heteroatoms. The Morgan fingerprint density at radius 1 is 1.57 bits per heavy atom. The van der Waals surface area contributed by atoms with Crippen molar-refractivity contribution in [1.29, 1.82) is 0 Å².